The van der Waals surface area contributed by atoms with Gasteiger partial charge in [0.05, 0.1) is 12.6 Å². The number of carboxylic acid groups (broad SMARTS) is 1. The van der Waals surface area contributed by atoms with Crippen molar-refractivity contribution >= 4 is 26.1 Å². The van der Waals surface area contributed by atoms with Gasteiger partial charge in [-0.05, 0) is 60.8 Å². The monoisotopic (exact) mass is 537 g/mol. The first-order valence-electron chi connectivity index (χ1n) is 12.6. The lowest BCUT2D eigenvalue weighted by Crippen LogP contribution is -2.42. The Bertz CT molecular complexity index is 1340. The minimum absolute atomic E-state index is 0.0146. The van der Waals surface area contributed by atoms with Gasteiger partial charge in [0.15, 0.2) is 14.1 Å². The minimum atomic E-state index is -1.91. The highest BCUT2D eigenvalue weighted by Gasteiger charge is 2.37. The fraction of sp³-hybridized carbons (Fsp3) is 0.462. The average molecular weight is 538 g/mol. The third-order valence-electron chi connectivity index (χ3n) is 7.36. The number of rotatable bonds is 7. The lowest BCUT2D eigenvalue weighted by Gasteiger charge is -2.37. The topological polar surface area (TPSA) is 135 Å². The van der Waals surface area contributed by atoms with Crippen LogP contribution in [0.5, 0.6) is 0 Å². The SMILES string of the molecule is C[C@H](CO[Si](C)(C)C(C)(C)C)n1cnnc1-c1cccc(NC(=O)c2cc3c(cn2)CCN(C(=O)O)C3)n1. The Morgan fingerprint density at radius 2 is 2.00 bits per heavy atom. The van der Waals surface area contributed by atoms with E-state index >= 15 is 0 Å². The van der Waals surface area contributed by atoms with E-state index in [1.54, 1.807) is 30.7 Å². The molecule has 0 radical (unpaired) electrons. The highest BCUT2D eigenvalue weighted by atomic mass is 28.4. The van der Waals surface area contributed by atoms with Crippen molar-refractivity contribution in [3.63, 3.8) is 0 Å². The van der Waals surface area contributed by atoms with Gasteiger partial charge in [-0.1, -0.05) is 26.8 Å². The molecule has 0 bridgehead atoms. The summed E-state index contributed by atoms with van der Waals surface area (Å²) in [6.07, 6.45) is 2.90. The lowest BCUT2D eigenvalue weighted by molar-refractivity contribution is 0.102. The van der Waals surface area contributed by atoms with E-state index in [9.17, 15) is 14.7 Å². The summed E-state index contributed by atoms with van der Waals surface area (Å²) in [5.74, 6) is 0.495. The third kappa shape index (κ3) is 5.91. The fourth-order valence-corrected chi connectivity index (χ4v) is 5.00. The standard InChI is InChI=1S/C26H35N7O4Si/c1-17(15-37-38(5,6)26(2,3)4)33-16-28-31-23(33)20-8-7-9-22(29-20)30-24(34)21-12-19-14-32(25(35)36)11-10-18(19)13-27-21/h7-9,12-13,16-17H,10-11,14-15H2,1-6H3,(H,35,36)(H,29,30,34)/t17-/m1/s1. The summed E-state index contributed by atoms with van der Waals surface area (Å²) in [6.45, 7) is 14.3. The highest BCUT2D eigenvalue weighted by Crippen LogP contribution is 2.37. The predicted octanol–water partition coefficient (Wildman–Crippen LogP) is 4.61. The first kappa shape index (κ1) is 27.4. The second kappa shape index (κ2) is 10.6. The molecule has 0 unspecified atom stereocenters. The van der Waals surface area contributed by atoms with Crippen LogP contribution in [0.25, 0.3) is 11.5 Å². The molecule has 0 saturated heterocycles. The van der Waals surface area contributed by atoms with Gasteiger partial charge < -0.3 is 24.3 Å². The van der Waals surface area contributed by atoms with Crippen LogP contribution in [0.3, 0.4) is 0 Å². The number of amides is 2. The smallest absolute Gasteiger partial charge is 0.407 e. The molecule has 2 amide bonds. The van der Waals surface area contributed by atoms with Crippen LogP contribution in [0.4, 0.5) is 10.6 Å². The second-order valence-corrected chi connectivity index (χ2v) is 15.9. The number of fused-ring (bicyclic) bond motifs is 1. The first-order chi connectivity index (χ1) is 17.9. The fourth-order valence-electron chi connectivity index (χ4n) is 3.91. The molecule has 11 nitrogen and oxygen atoms in total. The van der Waals surface area contributed by atoms with E-state index < -0.39 is 20.3 Å². The van der Waals surface area contributed by atoms with Gasteiger partial charge in [-0.25, -0.2) is 9.78 Å². The molecular weight excluding hydrogens is 502 g/mol. The summed E-state index contributed by atoms with van der Waals surface area (Å²) < 4.78 is 8.33. The number of carbonyl (C=O) groups excluding carboxylic acids is 1. The molecule has 202 valence electrons. The van der Waals surface area contributed by atoms with Crippen molar-refractivity contribution in [2.75, 3.05) is 18.5 Å². The molecule has 38 heavy (non-hydrogen) atoms. The van der Waals surface area contributed by atoms with Crippen molar-refractivity contribution in [1.82, 2.24) is 29.6 Å². The van der Waals surface area contributed by atoms with Crippen LogP contribution in [-0.4, -0.2) is 68.2 Å². The molecule has 12 heteroatoms. The summed E-state index contributed by atoms with van der Waals surface area (Å²) in [5, 5.41) is 20.6. The van der Waals surface area contributed by atoms with Crippen molar-refractivity contribution in [2.24, 2.45) is 0 Å². The van der Waals surface area contributed by atoms with Gasteiger partial charge in [-0.2, -0.15) is 0 Å². The molecule has 0 saturated carbocycles. The van der Waals surface area contributed by atoms with Crippen LogP contribution in [0.1, 0.15) is 55.4 Å². The van der Waals surface area contributed by atoms with Gasteiger partial charge in [-0.3, -0.25) is 9.78 Å². The van der Waals surface area contributed by atoms with Gasteiger partial charge in [0, 0.05) is 19.3 Å². The van der Waals surface area contributed by atoms with Gasteiger partial charge in [0.2, 0.25) is 0 Å². The number of pyridine rings is 2. The zero-order valence-corrected chi connectivity index (χ0v) is 23.7. The van der Waals surface area contributed by atoms with E-state index in [0.29, 0.717) is 36.9 Å². The average Bonchev–Trinajstić information content (AvgIpc) is 3.36. The number of aromatic nitrogens is 5. The van der Waals surface area contributed by atoms with Crippen molar-refractivity contribution in [3.8, 4) is 11.5 Å². The van der Waals surface area contributed by atoms with Crippen LogP contribution in [0.15, 0.2) is 36.8 Å². The van der Waals surface area contributed by atoms with Crippen molar-refractivity contribution in [3.05, 3.63) is 53.6 Å². The van der Waals surface area contributed by atoms with Crippen LogP contribution >= 0.6 is 0 Å². The molecule has 1 aliphatic heterocycles. The zero-order valence-electron chi connectivity index (χ0n) is 22.7. The largest absolute Gasteiger partial charge is 0.465 e. The summed E-state index contributed by atoms with van der Waals surface area (Å²) in [5.41, 5.74) is 2.49. The molecule has 2 N–H and O–H groups in total. The molecule has 0 aliphatic carbocycles. The summed E-state index contributed by atoms with van der Waals surface area (Å²) in [4.78, 5) is 34.5. The second-order valence-electron chi connectivity index (χ2n) is 11.1. The Kier molecular flexibility index (Phi) is 7.65. The van der Waals surface area contributed by atoms with Gasteiger partial charge in [-0.15, -0.1) is 10.2 Å². The van der Waals surface area contributed by atoms with Crippen LogP contribution in [0, 0.1) is 0 Å². The molecule has 3 aromatic heterocycles. The molecular formula is C26H35N7O4Si. The molecule has 3 aromatic rings. The molecule has 0 spiro atoms. The Morgan fingerprint density at radius 3 is 2.71 bits per heavy atom. The van der Waals surface area contributed by atoms with E-state index in [2.05, 4.69) is 66.3 Å². The maximum Gasteiger partial charge on any atom is 0.407 e. The van der Waals surface area contributed by atoms with Crippen LogP contribution in [0.2, 0.25) is 18.1 Å². The maximum atomic E-state index is 13.0. The number of hydrogen-bond acceptors (Lipinski definition) is 7. The first-order valence-corrected chi connectivity index (χ1v) is 15.5. The predicted molar refractivity (Wildman–Crippen MR) is 145 cm³/mol. The van der Waals surface area contributed by atoms with E-state index in [1.165, 1.54) is 4.90 Å². The van der Waals surface area contributed by atoms with Gasteiger partial charge >= 0.3 is 6.09 Å². The quantitative estimate of drug-likeness (QED) is 0.417. The Hall–Kier alpha value is -3.64. The summed E-state index contributed by atoms with van der Waals surface area (Å²) in [6, 6.07) is 6.92. The number of hydrogen-bond donors (Lipinski definition) is 2. The van der Waals surface area contributed by atoms with Gasteiger partial charge in [0.25, 0.3) is 5.91 Å². The summed E-state index contributed by atoms with van der Waals surface area (Å²) in [7, 11) is -1.91. The maximum absolute atomic E-state index is 13.0. The Labute approximate surface area is 223 Å². The minimum Gasteiger partial charge on any atom is -0.465 e. The molecule has 1 aliphatic rings. The van der Waals surface area contributed by atoms with Crippen molar-refractivity contribution < 1.29 is 19.1 Å². The zero-order chi connectivity index (χ0) is 27.7. The normalized spacial score (nSPS) is 14.6. The van der Waals surface area contributed by atoms with Crippen LogP contribution < -0.4 is 5.32 Å². The van der Waals surface area contributed by atoms with E-state index in [1.807, 2.05) is 10.6 Å². The van der Waals surface area contributed by atoms with E-state index in [0.717, 1.165) is 11.1 Å². The Morgan fingerprint density at radius 1 is 1.24 bits per heavy atom. The number of anilines is 1. The molecule has 0 fully saturated rings. The van der Waals surface area contributed by atoms with Gasteiger partial charge in [0.1, 0.15) is 23.5 Å². The molecule has 4 rings (SSSR count). The number of nitrogens with zero attached hydrogens (tertiary/aromatic N) is 6. The van der Waals surface area contributed by atoms with E-state index in [4.69, 9.17) is 4.43 Å². The Balaban J connectivity index is 1.48. The van der Waals surface area contributed by atoms with E-state index in [-0.39, 0.29) is 23.3 Å². The molecule has 4 heterocycles. The number of carbonyl (C=O) groups is 2. The molecule has 1 atom stereocenters. The molecule has 0 aromatic carbocycles. The van der Waals surface area contributed by atoms with Crippen LogP contribution in [-0.2, 0) is 17.4 Å². The summed E-state index contributed by atoms with van der Waals surface area (Å²) >= 11 is 0. The lowest BCUT2D eigenvalue weighted by atomic mass is 10.0. The number of nitrogens with one attached hydrogen (secondary N) is 1. The van der Waals surface area contributed by atoms with Crippen molar-refractivity contribution in [2.45, 2.75) is 64.8 Å². The third-order valence-corrected chi connectivity index (χ3v) is 11.9. The van der Waals surface area contributed by atoms with Crippen molar-refractivity contribution in [1.29, 1.82) is 0 Å². The highest BCUT2D eigenvalue weighted by molar-refractivity contribution is 6.74.